The molecule has 6 heteroatoms. The van der Waals surface area contributed by atoms with Crippen LogP contribution in [-0.2, 0) is 4.74 Å². The number of nitrogens with one attached hydrogen (secondary N) is 1. The number of carbonyl (C=O) groups excluding carboxylic acids is 2. The smallest absolute Gasteiger partial charge is 0.413 e. The van der Waals surface area contributed by atoms with Crippen molar-refractivity contribution >= 4 is 17.8 Å². The molecule has 1 fully saturated rings. The van der Waals surface area contributed by atoms with E-state index in [1.54, 1.807) is 6.20 Å². The number of likely N-dealkylation sites (tertiary alicyclic amines) is 1. The van der Waals surface area contributed by atoms with Crippen molar-refractivity contribution < 1.29 is 14.3 Å². The van der Waals surface area contributed by atoms with E-state index in [4.69, 9.17) is 4.74 Å². The first kappa shape index (κ1) is 18.9. The maximum atomic E-state index is 12.9. The van der Waals surface area contributed by atoms with Crippen LogP contribution < -0.4 is 5.32 Å². The highest BCUT2D eigenvalue weighted by molar-refractivity contribution is 5.95. The van der Waals surface area contributed by atoms with Crippen molar-refractivity contribution in [2.24, 2.45) is 0 Å². The fourth-order valence-corrected chi connectivity index (χ4v) is 3.27. The minimum Gasteiger partial charge on any atom is -0.444 e. The summed E-state index contributed by atoms with van der Waals surface area (Å²) in [6, 6.07) is 12.8. The van der Waals surface area contributed by atoms with E-state index < -0.39 is 11.7 Å². The summed E-state index contributed by atoms with van der Waals surface area (Å²) in [6.45, 7) is 6.11. The Bertz CT molecular complexity index is 815. The standard InChI is InChI=1S/C21H25N3O3/c1-21(2,3)27-20(26)23-18-16(11-7-13-22-18)17-12-8-14-24(17)19(25)15-9-5-4-6-10-15/h4-7,9-11,13,17H,8,12,14H2,1-3H3,(H,22,23,26)/t17-/m0/s1. The Morgan fingerprint density at radius 3 is 2.59 bits per heavy atom. The van der Waals surface area contributed by atoms with Crippen molar-refractivity contribution in [3.8, 4) is 0 Å². The van der Waals surface area contributed by atoms with Gasteiger partial charge in [0.2, 0.25) is 0 Å². The van der Waals surface area contributed by atoms with E-state index in [2.05, 4.69) is 10.3 Å². The number of aromatic nitrogens is 1. The van der Waals surface area contributed by atoms with Crippen LogP contribution in [0.15, 0.2) is 48.7 Å². The number of hydrogen-bond donors (Lipinski definition) is 1. The summed E-state index contributed by atoms with van der Waals surface area (Å²) < 4.78 is 5.33. The third-order valence-electron chi connectivity index (χ3n) is 4.35. The number of rotatable bonds is 3. The predicted molar refractivity (Wildman–Crippen MR) is 104 cm³/mol. The lowest BCUT2D eigenvalue weighted by molar-refractivity contribution is 0.0635. The van der Waals surface area contributed by atoms with Gasteiger partial charge in [-0.15, -0.1) is 0 Å². The molecule has 1 N–H and O–H groups in total. The van der Waals surface area contributed by atoms with E-state index in [-0.39, 0.29) is 11.9 Å². The molecule has 0 radical (unpaired) electrons. The number of benzene rings is 1. The fraction of sp³-hybridized carbons (Fsp3) is 0.381. The maximum absolute atomic E-state index is 12.9. The zero-order valence-electron chi connectivity index (χ0n) is 15.9. The van der Waals surface area contributed by atoms with Crippen LogP contribution in [-0.4, -0.2) is 34.0 Å². The second-order valence-corrected chi connectivity index (χ2v) is 7.59. The lowest BCUT2D eigenvalue weighted by Gasteiger charge is -2.27. The maximum Gasteiger partial charge on any atom is 0.413 e. The van der Waals surface area contributed by atoms with Crippen molar-refractivity contribution in [2.75, 3.05) is 11.9 Å². The molecule has 1 aromatic carbocycles. The van der Waals surface area contributed by atoms with Gasteiger partial charge in [-0.25, -0.2) is 9.78 Å². The molecule has 0 unspecified atom stereocenters. The first-order chi connectivity index (χ1) is 12.8. The van der Waals surface area contributed by atoms with Crippen molar-refractivity contribution in [3.63, 3.8) is 0 Å². The van der Waals surface area contributed by atoms with Gasteiger partial charge in [0.05, 0.1) is 6.04 Å². The highest BCUT2D eigenvalue weighted by Crippen LogP contribution is 2.36. The Balaban J connectivity index is 1.83. The molecule has 0 bridgehead atoms. The average molecular weight is 367 g/mol. The molecule has 1 atom stereocenters. The lowest BCUT2D eigenvalue weighted by Crippen LogP contribution is -2.32. The molecule has 0 aliphatic carbocycles. The number of ether oxygens (including phenoxy) is 1. The van der Waals surface area contributed by atoms with Crippen molar-refractivity contribution in [1.82, 2.24) is 9.88 Å². The molecule has 27 heavy (non-hydrogen) atoms. The van der Waals surface area contributed by atoms with Crippen LogP contribution in [0.3, 0.4) is 0 Å². The van der Waals surface area contributed by atoms with Crippen molar-refractivity contribution in [2.45, 2.75) is 45.3 Å². The molecule has 3 rings (SSSR count). The Labute approximate surface area is 159 Å². The SMILES string of the molecule is CC(C)(C)OC(=O)Nc1ncccc1[C@@H]1CCCN1C(=O)c1ccccc1. The van der Waals surface area contributed by atoms with Gasteiger partial charge in [-0.05, 0) is 51.8 Å². The number of anilines is 1. The molecule has 1 aliphatic rings. The summed E-state index contributed by atoms with van der Waals surface area (Å²) in [7, 11) is 0. The Kier molecular flexibility index (Phi) is 5.44. The zero-order valence-corrected chi connectivity index (χ0v) is 15.9. The van der Waals surface area contributed by atoms with Crippen LogP contribution >= 0.6 is 0 Å². The fourth-order valence-electron chi connectivity index (χ4n) is 3.27. The van der Waals surface area contributed by atoms with Crippen LogP contribution in [0, 0.1) is 0 Å². The van der Waals surface area contributed by atoms with Crippen molar-refractivity contribution in [3.05, 3.63) is 59.8 Å². The van der Waals surface area contributed by atoms with Crippen molar-refractivity contribution in [1.29, 1.82) is 0 Å². The number of nitrogens with zero attached hydrogens (tertiary/aromatic N) is 2. The van der Waals surface area contributed by atoms with E-state index in [1.807, 2.05) is 68.1 Å². The van der Waals surface area contributed by atoms with Gasteiger partial charge in [-0.3, -0.25) is 10.1 Å². The van der Waals surface area contributed by atoms with E-state index in [0.717, 1.165) is 18.4 Å². The van der Waals surface area contributed by atoms with Gasteiger partial charge in [-0.2, -0.15) is 0 Å². The molecule has 2 amide bonds. The quantitative estimate of drug-likeness (QED) is 0.872. The van der Waals surface area contributed by atoms with E-state index in [0.29, 0.717) is 17.9 Å². The number of amides is 2. The van der Waals surface area contributed by atoms with E-state index in [1.165, 1.54) is 0 Å². The van der Waals surface area contributed by atoms with Gasteiger partial charge in [-0.1, -0.05) is 24.3 Å². The summed E-state index contributed by atoms with van der Waals surface area (Å²) in [5, 5.41) is 2.73. The largest absolute Gasteiger partial charge is 0.444 e. The lowest BCUT2D eigenvalue weighted by atomic mass is 10.0. The van der Waals surface area contributed by atoms with Gasteiger partial charge >= 0.3 is 6.09 Å². The van der Waals surface area contributed by atoms with Crippen LogP contribution in [0.1, 0.15) is 55.6 Å². The third kappa shape index (κ3) is 4.64. The summed E-state index contributed by atoms with van der Waals surface area (Å²) >= 11 is 0. The molecule has 0 saturated carbocycles. The summed E-state index contributed by atoms with van der Waals surface area (Å²) in [5.41, 5.74) is 0.891. The van der Waals surface area contributed by atoms with Crippen LogP contribution in [0.25, 0.3) is 0 Å². The van der Waals surface area contributed by atoms with Crippen LogP contribution in [0.2, 0.25) is 0 Å². The first-order valence-electron chi connectivity index (χ1n) is 9.16. The van der Waals surface area contributed by atoms with Crippen LogP contribution in [0.4, 0.5) is 10.6 Å². The molecule has 2 aromatic rings. The van der Waals surface area contributed by atoms with Gasteiger partial charge in [0, 0.05) is 23.9 Å². The monoisotopic (exact) mass is 367 g/mol. The minimum absolute atomic E-state index is 0.00910. The number of pyridine rings is 1. The zero-order chi connectivity index (χ0) is 19.4. The van der Waals surface area contributed by atoms with E-state index in [9.17, 15) is 9.59 Å². The topological polar surface area (TPSA) is 71.5 Å². The van der Waals surface area contributed by atoms with E-state index >= 15 is 0 Å². The second kappa shape index (κ2) is 7.78. The normalized spacial score (nSPS) is 16.9. The van der Waals surface area contributed by atoms with Gasteiger partial charge in [0.25, 0.3) is 5.91 Å². The molecule has 0 spiro atoms. The Morgan fingerprint density at radius 2 is 1.89 bits per heavy atom. The highest BCUT2D eigenvalue weighted by Gasteiger charge is 2.32. The summed E-state index contributed by atoms with van der Waals surface area (Å²) in [5.74, 6) is 0.426. The third-order valence-corrected chi connectivity index (χ3v) is 4.35. The number of carbonyl (C=O) groups is 2. The van der Waals surface area contributed by atoms with Gasteiger partial charge in [0.15, 0.2) is 0 Å². The van der Waals surface area contributed by atoms with Crippen LogP contribution in [0.5, 0.6) is 0 Å². The average Bonchev–Trinajstić information content (AvgIpc) is 3.10. The Hall–Kier alpha value is -2.89. The molecule has 2 heterocycles. The molecular formula is C21H25N3O3. The Morgan fingerprint density at radius 1 is 1.15 bits per heavy atom. The summed E-state index contributed by atoms with van der Waals surface area (Å²) in [6.07, 6.45) is 2.80. The minimum atomic E-state index is -0.596. The molecule has 1 aliphatic heterocycles. The number of hydrogen-bond acceptors (Lipinski definition) is 4. The van der Waals surface area contributed by atoms with Gasteiger partial charge in [0.1, 0.15) is 11.4 Å². The van der Waals surface area contributed by atoms with Gasteiger partial charge < -0.3 is 9.64 Å². The summed E-state index contributed by atoms with van der Waals surface area (Å²) in [4.78, 5) is 31.3. The molecule has 6 nitrogen and oxygen atoms in total. The second-order valence-electron chi connectivity index (χ2n) is 7.59. The highest BCUT2D eigenvalue weighted by atomic mass is 16.6. The molecular weight excluding hydrogens is 342 g/mol. The molecule has 1 saturated heterocycles. The first-order valence-corrected chi connectivity index (χ1v) is 9.16. The molecule has 1 aromatic heterocycles. The molecule has 142 valence electrons. The predicted octanol–water partition coefficient (Wildman–Crippen LogP) is 4.41.